The molecule has 0 saturated carbocycles. The van der Waals surface area contributed by atoms with E-state index in [1.807, 2.05) is 72.4 Å². The fourth-order valence-electron chi connectivity index (χ4n) is 5.03. The minimum Gasteiger partial charge on any atom is -0.335 e. The molecule has 3 aromatic carbocycles. The number of rotatable bonds is 6. The highest BCUT2D eigenvalue weighted by atomic mass is 35.5. The summed E-state index contributed by atoms with van der Waals surface area (Å²) in [5, 5.41) is 6.00. The summed E-state index contributed by atoms with van der Waals surface area (Å²) in [5.74, 6) is 0. The molecule has 0 radical (unpaired) electrons. The van der Waals surface area contributed by atoms with Crippen molar-refractivity contribution in [3.8, 4) is 11.1 Å². The first-order valence-electron chi connectivity index (χ1n) is 11.7. The lowest BCUT2D eigenvalue weighted by atomic mass is 9.79. The van der Waals surface area contributed by atoms with Gasteiger partial charge < -0.3 is 9.13 Å². The maximum absolute atomic E-state index is 12.9. The summed E-state index contributed by atoms with van der Waals surface area (Å²) >= 11 is 12.6. The van der Waals surface area contributed by atoms with E-state index < -0.39 is 5.54 Å². The SMILES string of the molecule is CCN[C@](c1ccc(Cl)cc1)(c1ccc2c(c1)c(-c1cccc(Cl)c1)cc(=O)n2C)c1cncn1C. The number of hydrogen-bond acceptors (Lipinski definition) is 3. The Bertz CT molecular complexity index is 1620. The smallest absolute Gasteiger partial charge is 0.251 e. The van der Waals surface area contributed by atoms with Crippen LogP contribution in [0.25, 0.3) is 22.0 Å². The molecule has 36 heavy (non-hydrogen) atoms. The second-order valence-electron chi connectivity index (χ2n) is 8.87. The molecule has 0 aliphatic heterocycles. The van der Waals surface area contributed by atoms with Crippen LogP contribution in [0.3, 0.4) is 0 Å². The standard InChI is InChI=1S/C29H26Cl2N4O/c1-4-33-29(27-17-32-18-34(27)2,20-8-11-22(30)12-9-20)21-10-13-26-25(15-21)24(16-28(36)35(26)3)19-6-5-7-23(31)14-19/h5-18,33H,4H2,1-3H3/t29-/m1/s1. The molecule has 182 valence electrons. The molecule has 2 aromatic heterocycles. The zero-order valence-electron chi connectivity index (χ0n) is 20.3. The van der Waals surface area contributed by atoms with E-state index in [1.54, 1.807) is 24.0 Å². The van der Waals surface area contributed by atoms with Crippen LogP contribution in [0.2, 0.25) is 10.0 Å². The Kier molecular flexibility index (Phi) is 6.47. The Labute approximate surface area is 219 Å². The molecule has 0 spiro atoms. The summed E-state index contributed by atoms with van der Waals surface area (Å²) < 4.78 is 3.70. The van der Waals surface area contributed by atoms with Crippen LogP contribution in [0, 0.1) is 0 Å². The van der Waals surface area contributed by atoms with Crippen LogP contribution < -0.4 is 10.9 Å². The first-order valence-corrected chi connectivity index (χ1v) is 12.5. The summed E-state index contributed by atoms with van der Waals surface area (Å²) in [6, 6.07) is 23.4. The third-order valence-corrected chi connectivity index (χ3v) is 7.22. The van der Waals surface area contributed by atoms with Crippen LogP contribution in [0.4, 0.5) is 0 Å². The molecule has 0 aliphatic rings. The highest BCUT2D eigenvalue weighted by Crippen LogP contribution is 2.39. The second kappa shape index (κ2) is 9.58. The predicted octanol–water partition coefficient (Wildman–Crippen LogP) is 6.15. The van der Waals surface area contributed by atoms with Gasteiger partial charge in [0.1, 0.15) is 5.54 Å². The van der Waals surface area contributed by atoms with Crippen molar-refractivity contribution in [2.75, 3.05) is 6.54 Å². The van der Waals surface area contributed by atoms with Crippen LogP contribution in [-0.2, 0) is 19.6 Å². The van der Waals surface area contributed by atoms with Crippen molar-refractivity contribution in [2.45, 2.75) is 12.5 Å². The average molecular weight is 517 g/mol. The maximum Gasteiger partial charge on any atom is 0.251 e. The Morgan fingerprint density at radius 1 is 0.917 bits per heavy atom. The van der Waals surface area contributed by atoms with Crippen LogP contribution in [0.15, 0.2) is 90.1 Å². The number of pyridine rings is 1. The molecule has 0 amide bonds. The fraction of sp³-hybridized carbons (Fsp3) is 0.172. The molecule has 0 aliphatic carbocycles. The summed E-state index contributed by atoms with van der Waals surface area (Å²) in [5.41, 5.74) is 4.82. The fourth-order valence-corrected chi connectivity index (χ4v) is 5.35. The van der Waals surface area contributed by atoms with E-state index in [9.17, 15) is 4.79 Å². The number of aromatic nitrogens is 3. The molecular weight excluding hydrogens is 491 g/mol. The largest absolute Gasteiger partial charge is 0.335 e. The van der Waals surface area contributed by atoms with E-state index in [1.165, 1.54) is 0 Å². The van der Waals surface area contributed by atoms with Gasteiger partial charge in [-0.15, -0.1) is 0 Å². The number of nitrogens with one attached hydrogen (secondary N) is 1. The molecule has 2 heterocycles. The van der Waals surface area contributed by atoms with Crippen LogP contribution in [0.5, 0.6) is 0 Å². The minimum atomic E-state index is -0.709. The zero-order chi connectivity index (χ0) is 25.4. The van der Waals surface area contributed by atoms with Gasteiger partial charge in [-0.25, -0.2) is 4.98 Å². The van der Waals surface area contributed by atoms with Crippen LogP contribution in [0.1, 0.15) is 23.7 Å². The van der Waals surface area contributed by atoms with Gasteiger partial charge in [-0.1, -0.05) is 60.5 Å². The second-order valence-corrected chi connectivity index (χ2v) is 9.75. The lowest BCUT2D eigenvalue weighted by Crippen LogP contribution is -2.45. The van der Waals surface area contributed by atoms with Gasteiger partial charge in [0.05, 0.1) is 23.7 Å². The van der Waals surface area contributed by atoms with E-state index in [-0.39, 0.29) is 5.56 Å². The van der Waals surface area contributed by atoms with Crippen molar-refractivity contribution >= 4 is 34.1 Å². The van der Waals surface area contributed by atoms with E-state index in [2.05, 4.69) is 29.4 Å². The van der Waals surface area contributed by atoms with Crippen molar-refractivity contribution < 1.29 is 0 Å². The van der Waals surface area contributed by atoms with Gasteiger partial charge in [0, 0.05) is 35.6 Å². The first-order chi connectivity index (χ1) is 17.3. The molecule has 0 saturated heterocycles. The molecule has 5 nitrogen and oxygen atoms in total. The number of aryl methyl sites for hydroxylation is 2. The highest BCUT2D eigenvalue weighted by molar-refractivity contribution is 6.31. The normalized spacial score (nSPS) is 13.1. The van der Waals surface area contributed by atoms with Crippen molar-refractivity contribution in [2.24, 2.45) is 14.1 Å². The zero-order valence-corrected chi connectivity index (χ0v) is 21.8. The number of hydrogen-bond donors (Lipinski definition) is 1. The number of nitrogens with zero attached hydrogens (tertiary/aromatic N) is 3. The molecule has 0 unspecified atom stereocenters. The highest BCUT2D eigenvalue weighted by Gasteiger charge is 2.38. The van der Waals surface area contributed by atoms with E-state index in [0.717, 1.165) is 38.9 Å². The quantitative estimate of drug-likeness (QED) is 0.294. The molecule has 0 fully saturated rings. The van der Waals surface area contributed by atoms with Crippen molar-refractivity contribution in [3.63, 3.8) is 0 Å². The first kappa shape index (κ1) is 24.3. The summed E-state index contributed by atoms with van der Waals surface area (Å²) in [7, 11) is 3.79. The Hall–Kier alpha value is -3.38. The summed E-state index contributed by atoms with van der Waals surface area (Å²) in [6.07, 6.45) is 3.69. The van der Waals surface area contributed by atoms with Crippen molar-refractivity contribution in [3.05, 3.63) is 123 Å². The maximum atomic E-state index is 12.9. The Balaban J connectivity index is 1.88. The average Bonchev–Trinajstić information content (AvgIpc) is 3.31. The van der Waals surface area contributed by atoms with Crippen molar-refractivity contribution in [1.82, 2.24) is 19.4 Å². The van der Waals surface area contributed by atoms with Crippen LogP contribution >= 0.6 is 23.2 Å². The monoisotopic (exact) mass is 516 g/mol. The third-order valence-electron chi connectivity index (χ3n) is 6.74. The minimum absolute atomic E-state index is 0.0764. The van der Waals surface area contributed by atoms with Gasteiger partial charge in [0.25, 0.3) is 5.56 Å². The topological polar surface area (TPSA) is 51.9 Å². The van der Waals surface area contributed by atoms with E-state index in [4.69, 9.17) is 23.2 Å². The number of halogens is 2. The third kappa shape index (κ3) is 4.03. The number of fused-ring (bicyclic) bond motifs is 1. The molecular formula is C29H26Cl2N4O. The predicted molar refractivity (Wildman–Crippen MR) is 148 cm³/mol. The molecule has 5 aromatic rings. The van der Waals surface area contributed by atoms with E-state index >= 15 is 0 Å². The molecule has 0 bridgehead atoms. The van der Waals surface area contributed by atoms with Gasteiger partial charge >= 0.3 is 0 Å². The summed E-state index contributed by atoms with van der Waals surface area (Å²) in [4.78, 5) is 17.3. The van der Waals surface area contributed by atoms with Crippen molar-refractivity contribution in [1.29, 1.82) is 0 Å². The Morgan fingerprint density at radius 3 is 2.33 bits per heavy atom. The molecule has 7 heteroatoms. The summed E-state index contributed by atoms with van der Waals surface area (Å²) in [6.45, 7) is 2.80. The lowest BCUT2D eigenvalue weighted by molar-refractivity contribution is 0.462. The van der Waals surface area contributed by atoms with Gasteiger partial charge in [-0.2, -0.15) is 0 Å². The number of benzene rings is 3. The Morgan fingerprint density at radius 2 is 1.67 bits per heavy atom. The molecule has 1 N–H and O–H groups in total. The van der Waals surface area contributed by atoms with Gasteiger partial charge in [0.15, 0.2) is 0 Å². The van der Waals surface area contributed by atoms with Gasteiger partial charge in [-0.05, 0) is 65.2 Å². The van der Waals surface area contributed by atoms with E-state index in [0.29, 0.717) is 16.6 Å². The lowest BCUT2D eigenvalue weighted by Gasteiger charge is -2.36. The number of imidazole rings is 1. The van der Waals surface area contributed by atoms with Gasteiger partial charge in [0.2, 0.25) is 0 Å². The van der Waals surface area contributed by atoms with Crippen LogP contribution in [-0.4, -0.2) is 20.7 Å². The molecule has 1 atom stereocenters. The van der Waals surface area contributed by atoms with Gasteiger partial charge in [-0.3, -0.25) is 10.1 Å². The molecule has 5 rings (SSSR count).